The lowest BCUT2D eigenvalue weighted by Gasteiger charge is -2.05. The van der Waals surface area contributed by atoms with Crippen LogP contribution in [0.25, 0.3) is 11.3 Å². The van der Waals surface area contributed by atoms with Crippen LogP contribution >= 0.6 is 0 Å². The van der Waals surface area contributed by atoms with Crippen molar-refractivity contribution in [1.29, 1.82) is 0 Å². The van der Waals surface area contributed by atoms with E-state index < -0.39 is 0 Å². The summed E-state index contributed by atoms with van der Waals surface area (Å²) in [5.41, 5.74) is 1.03. The van der Waals surface area contributed by atoms with E-state index in [-0.39, 0.29) is 0 Å². The second kappa shape index (κ2) is 8.47. The molecule has 1 N–H and O–H groups in total. The number of aromatic nitrogens is 1. The van der Waals surface area contributed by atoms with Gasteiger partial charge >= 0.3 is 0 Å². The molecule has 0 unspecified atom stereocenters. The highest BCUT2D eigenvalue weighted by Gasteiger charge is 2.06. The van der Waals surface area contributed by atoms with Crippen molar-refractivity contribution in [1.82, 2.24) is 10.3 Å². The number of nitrogens with zero attached hydrogens (tertiary/aromatic N) is 1. The Kier molecular flexibility index (Phi) is 6.28. The molecule has 0 amide bonds. The highest BCUT2D eigenvalue weighted by atomic mass is 16.5. The van der Waals surface area contributed by atoms with Crippen molar-refractivity contribution in [2.24, 2.45) is 0 Å². The smallest absolute Gasteiger partial charge is 0.196 e. The number of rotatable bonds is 9. The average molecular weight is 288 g/mol. The van der Waals surface area contributed by atoms with Crippen LogP contribution in [0, 0.1) is 0 Å². The normalized spacial score (nSPS) is 10.8. The summed E-state index contributed by atoms with van der Waals surface area (Å²) < 4.78 is 11.4. The number of hydrogen-bond donors (Lipinski definition) is 1. The summed E-state index contributed by atoms with van der Waals surface area (Å²) in [6.07, 6.45) is 4.82. The zero-order valence-electron chi connectivity index (χ0n) is 12.9. The van der Waals surface area contributed by atoms with Crippen LogP contribution in [-0.4, -0.2) is 24.7 Å². The summed E-state index contributed by atoms with van der Waals surface area (Å²) in [5.74, 6) is 2.48. The summed E-state index contributed by atoms with van der Waals surface area (Å²) in [6, 6.07) is 7.98. The minimum atomic E-state index is 0.771. The summed E-state index contributed by atoms with van der Waals surface area (Å²) in [4.78, 5) is 4.31. The molecule has 1 heterocycles. The molecular formula is C17H24N2O2. The van der Waals surface area contributed by atoms with Crippen molar-refractivity contribution in [3.63, 3.8) is 0 Å². The maximum Gasteiger partial charge on any atom is 0.196 e. The number of likely N-dealkylation sites (N-methyl/N-ethyl adjacent to an activating group) is 1. The summed E-state index contributed by atoms with van der Waals surface area (Å²) >= 11 is 0. The Labute approximate surface area is 126 Å². The van der Waals surface area contributed by atoms with Crippen LogP contribution in [0.1, 0.15) is 32.6 Å². The van der Waals surface area contributed by atoms with Crippen molar-refractivity contribution in [2.45, 2.75) is 33.1 Å². The lowest BCUT2D eigenvalue weighted by molar-refractivity contribution is 0.309. The Bertz CT molecular complexity index is 520. The first kappa shape index (κ1) is 15.6. The molecule has 0 saturated heterocycles. The predicted molar refractivity (Wildman–Crippen MR) is 84.6 cm³/mol. The second-order valence-electron chi connectivity index (χ2n) is 4.95. The van der Waals surface area contributed by atoms with Crippen LogP contribution in [0.4, 0.5) is 0 Å². The molecule has 0 aliphatic carbocycles. The molecule has 0 atom stereocenters. The number of benzene rings is 1. The molecule has 0 saturated carbocycles. The predicted octanol–water partition coefficient (Wildman–Crippen LogP) is 3.67. The quantitative estimate of drug-likeness (QED) is 0.715. The molecule has 114 valence electrons. The van der Waals surface area contributed by atoms with Gasteiger partial charge in [-0.3, -0.25) is 0 Å². The SMILES string of the molecule is CCCCOc1ccc(-c2cnc(CCNCC)o2)cc1. The van der Waals surface area contributed by atoms with Gasteiger partial charge in [0.2, 0.25) is 0 Å². The van der Waals surface area contributed by atoms with Crippen LogP contribution in [0.15, 0.2) is 34.9 Å². The van der Waals surface area contributed by atoms with E-state index in [0.717, 1.165) is 61.9 Å². The van der Waals surface area contributed by atoms with Gasteiger partial charge in [-0.05, 0) is 37.2 Å². The van der Waals surface area contributed by atoms with Crippen molar-refractivity contribution in [2.75, 3.05) is 19.7 Å². The lowest BCUT2D eigenvalue weighted by Crippen LogP contribution is -2.16. The third kappa shape index (κ3) is 4.90. The third-order valence-electron chi connectivity index (χ3n) is 3.22. The Balaban J connectivity index is 1.92. The molecule has 0 aliphatic rings. The first-order valence-electron chi connectivity index (χ1n) is 7.72. The van der Waals surface area contributed by atoms with Gasteiger partial charge in [0.05, 0.1) is 12.8 Å². The number of ether oxygens (including phenoxy) is 1. The highest BCUT2D eigenvalue weighted by molar-refractivity contribution is 5.57. The molecular weight excluding hydrogens is 264 g/mol. The van der Waals surface area contributed by atoms with Crippen molar-refractivity contribution < 1.29 is 9.15 Å². The van der Waals surface area contributed by atoms with Crippen molar-refractivity contribution >= 4 is 0 Å². The van der Waals surface area contributed by atoms with Crippen molar-refractivity contribution in [3.05, 3.63) is 36.4 Å². The lowest BCUT2D eigenvalue weighted by atomic mass is 10.2. The Hall–Kier alpha value is -1.81. The van der Waals surface area contributed by atoms with Crippen LogP contribution in [0.5, 0.6) is 5.75 Å². The summed E-state index contributed by atoms with van der Waals surface area (Å²) in [7, 11) is 0. The molecule has 0 bridgehead atoms. The van der Waals surface area contributed by atoms with Crippen LogP contribution < -0.4 is 10.1 Å². The largest absolute Gasteiger partial charge is 0.494 e. The minimum absolute atomic E-state index is 0.771. The van der Waals surface area contributed by atoms with Gasteiger partial charge in [-0.15, -0.1) is 0 Å². The van der Waals surface area contributed by atoms with Gasteiger partial charge in [-0.2, -0.15) is 0 Å². The van der Waals surface area contributed by atoms with E-state index in [1.165, 1.54) is 0 Å². The van der Waals surface area contributed by atoms with Crippen LogP contribution in [0.2, 0.25) is 0 Å². The van der Waals surface area contributed by atoms with Gasteiger partial charge in [0.25, 0.3) is 0 Å². The molecule has 1 aromatic carbocycles. The average Bonchev–Trinajstić information content (AvgIpc) is 2.97. The molecule has 21 heavy (non-hydrogen) atoms. The van der Waals surface area contributed by atoms with E-state index in [4.69, 9.17) is 9.15 Å². The maximum atomic E-state index is 5.76. The number of unbranched alkanes of at least 4 members (excludes halogenated alkanes) is 1. The van der Waals surface area contributed by atoms with E-state index in [2.05, 4.69) is 24.1 Å². The zero-order valence-corrected chi connectivity index (χ0v) is 12.9. The standard InChI is InChI=1S/C17H24N2O2/c1-3-5-12-20-15-8-6-14(7-9-15)16-13-19-17(21-16)10-11-18-4-2/h6-9,13,18H,3-5,10-12H2,1-2H3. The molecule has 2 aromatic rings. The van der Waals surface area contributed by atoms with E-state index in [1.807, 2.05) is 24.3 Å². The molecule has 4 heteroatoms. The van der Waals surface area contributed by atoms with Gasteiger partial charge in [0.15, 0.2) is 11.7 Å². The van der Waals surface area contributed by atoms with Crippen LogP contribution in [-0.2, 0) is 6.42 Å². The molecule has 0 spiro atoms. The van der Waals surface area contributed by atoms with Crippen LogP contribution in [0.3, 0.4) is 0 Å². The monoisotopic (exact) mass is 288 g/mol. The zero-order chi connectivity index (χ0) is 14.9. The van der Waals surface area contributed by atoms with Gasteiger partial charge < -0.3 is 14.5 Å². The first-order chi connectivity index (χ1) is 10.3. The Morgan fingerprint density at radius 3 is 2.71 bits per heavy atom. The molecule has 4 nitrogen and oxygen atoms in total. The first-order valence-corrected chi connectivity index (χ1v) is 7.72. The number of oxazole rings is 1. The molecule has 2 rings (SSSR count). The molecule has 0 aliphatic heterocycles. The topological polar surface area (TPSA) is 47.3 Å². The minimum Gasteiger partial charge on any atom is -0.494 e. The van der Waals surface area contributed by atoms with E-state index >= 15 is 0 Å². The summed E-state index contributed by atoms with van der Waals surface area (Å²) in [6.45, 7) is 6.87. The van der Waals surface area contributed by atoms with E-state index in [0.29, 0.717) is 0 Å². The van der Waals surface area contributed by atoms with E-state index in [9.17, 15) is 0 Å². The number of nitrogens with one attached hydrogen (secondary N) is 1. The molecule has 0 fully saturated rings. The van der Waals surface area contributed by atoms with Gasteiger partial charge in [0.1, 0.15) is 5.75 Å². The molecule has 1 aromatic heterocycles. The Morgan fingerprint density at radius 2 is 2.00 bits per heavy atom. The fourth-order valence-electron chi connectivity index (χ4n) is 1.98. The third-order valence-corrected chi connectivity index (χ3v) is 3.22. The fourth-order valence-corrected chi connectivity index (χ4v) is 1.98. The van der Waals surface area contributed by atoms with E-state index in [1.54, 1.807) is 6.20 Å². The van der Waals surface area contributed by atoms with Gasteiger partial charge in [0, 0.05) is 18.5 Å². The second-order valence-corrected chi connectivity index (χ2v) is 4.95. The number of hydrogen-bond acceptors (Lipinski definition) is 4. The van der Waals surface area contributed by atoms with Crippen molar-refractivity contribution in [3.8, 4) is 17.1 Å². The molecule has 0 radical (unpaired) electrons. The maximum absolute atomic E-state index is 5.76. The fraction of sp³-hybridized carbons (Fsp3) is 0.471. The van der Waals surface area contributed by atoms with Gasteiger partial charge in [-0.25, -0.2) is 4.98 Å². The summed E-state index contributed by atoms with van der Waals surface area (Å²) in [5, 5.41) is 3.26. The van der Waals surface area contributed by atoms with Gasteiger partial charge in [-0.1, -0.05) is 20.3 Å². The Morgan fingerprint density at radius 1 is 1.19 bits per heavy atom. The highest BCUT2D eigenvalue weighted by Crippen LogP contribution is 2.23.